The largest absolute Gasteiger partial charge is 0.478 e. The number of aryl methyl sites for hydroxylation is 1. The molecule has 30 heavy (non-hydrogen) atoms. The summed E-state index contributed by atoms with van der Waals surface area (Å²) in [6, 6.07) is 22.6. The van der Waals surface area contributed by atoms with E-state index in [4.69, 9.17) is 9.84 Å². The van der Waals surface area contributed by atoms with Crippen molar-refractivity contribution in [3.05, 3.63) is 95.7 Å². The van der Waals surface area contributed by atoms with Crippen molar-refractivity contribution in [1.82, 2.24) is 4.98 Å². The van der Waals surface area contributed by atoms with Gasteiger partial charge >= 0.3 is 5.97 Å². The quantitative estimate of drug-likeness (QED) is 0.404. The molecule has 5 heteroatoms. The minimum Gasteiger partial charge on any atom is -0.478 e. The van der Waals surface area contributed by atoms with Crippen LogP contribution in [0.1, 0.15) is 34.5 Å². The molecule has 0 aliphatic carbocycles. The Balaban J connectivity index is 1.67. The second kappa shape index (κ2) is 8.25. The number of nitrogens with zero attached hydrogens (tertiary/aromatic N) is 1. The Bertz CT molecular complexity index is 1200. The minimum absolute atomic E-state index is 0.0713. The summed E-state index contributed by atoms with van der Waals surface area (Å²) >= 11 is 0. The Morgan fingerprint density at radius 2 is 1.80 bits per heavy atom. The number of carboxylic acids is 1. The summed E-state index contributed by atoms with van der Waals surface area (Å²) in [6.07, 6.45) is 1.77. The number of nitrogens with one attached hydrogen (secondary N) is 1. The molecule has 0 saturated carbocycles. The van der Waals surface area contributed by atoms with Crippen LogP contribution in [0.15, 0.2) is 79.0 Å². The first-order valence-electron chi connectivity index (χ1n) is 9.73. The Morgan fingerprint density at radius 1 is 1.03 bits per heavy atom. The third-order valence-corrected chi connectivity index (χ3v) is 4.98. The van der Waals surface area contributed by atoms with E-state index >= 15 is 0 Å². The summed E-state index contributed by atoms with van der Waals surface area (Å²) in [5, 5.41) is 14.5. The molecule has 0 saturated heterocycles. The number of aromatic nitrogens is 1. The fourth-order valence-electron chi connectivity index (χ4n) is 3.40. The van der Waals surface area contributed by atoms with Gasteiger partial charge in [-0.25, -0.2) is 9.78 Å². The summed E-state index contributed by atoms with van der Waals surface area (Å²) in [5.41, 5.74) is 2.36. The van der Waals surface area contributed by atoms with E-state index in [0.717, 1.165) is 33.4 Å². The van der Waals surface area contributed by atoms with Gasteiger partial charge in [-0.1, -0.05) is 36.4 Å². The van der Waals surface area contributed by atoms with Gasteiger partial charge < -0.3 is 15.2 Å². The number of hydrogen-bond acceptors (Lipinski definition) is 4. The average molecular weight is 398 g/mol. The predicted octanol–water partition coefficient (Wildman–Crippen LogP) is 6.21. The lowest BCUT2D eigenvalue weighted by molar-refractivity contribution is 0.0697. The molecule has 0 bridgehead atoms. The molecule has 0 aliphatic rings. The smallest absolute Gasteiger partial charge is 0.335 e. The number of benzene rings is 3. The predicted molar refractivity (Wildman–Crippen MR) is 118 cm³/mol. The van der Waals surface area contributed by atoms with Crippen LogP contribution in [0, 0.1) is 6.92 Å². The highest BCUT2D eigenvalue weighted by molar-refractivity contribution is 5.97. The molecule has 0 aliphatic heterocycles. The van der Waals surface area contributed by atoms with E-state index < -0.39 is 5.97 Å². The summed E-state index contributed by atoms with van der Waals surface area (Å²) < 4.78 is 6.20. The molecule has 1 heterocycles. The molecule has 0 spiro atoms. The molecule has 0 fully saturated rings. The van der Waals surface area contributed by atoms with Gasteiger partial charge in [-0.2, -0.15) is 0 Å². The van der Waals surface area contributed by atoms with Crippen LogP contribution < -0.4 is 10.1 Å². The second-order valence-electron chi connectivity index (χ2n) is 7.23. The van der Waals surface area contributed by atoms with E-state index in [1.807, 2.05) is 74.5 Å². The van der Waals surface area contributed by atoms with Gasteiger partial charge in [0.15, 0.2) is 0 Å². The van der Waals surface area contributed by atoms with Gasteiger partial charge in [0.05, 0.1) is 10.9 Å². The first-order valence-corrected chi connectivity index (χ1v) is 9.73. The highest BCUT2D eigenvalue weighted by Crippen LogP contribution is 2.35. The third kappa shape index (κ3) is 4.10. The number of pyridine rings is 1. The molecule has 2 N–H and O–H groups in total. The van der Waals surface area contributed by atoms with Crippen LogP contribution in [0.5, 0.6) is 11.5 Å². The van der Waals surface area contributed by atoms with E-state index in [0.29, 0.717) is 5.82 Å². The molecular formula is C25H22N2O3. The molecule has 0 radical (unpaired) electrons. The Labute approximate surface area is 175 Å². The van der Waals surface area contributed by atoms with Crippen molar-refractivity contribution >= 4 is 22.6 Å². The number of anilines is 1. The number of carboxylic acid groups (broad SMARTS) is 1. The van der Waals surface area contributed by atoms with Crippen molar-refractivity contribution in [2.75, 3.05) is 5.32 Å². The topological polar surface area (TPSA) is 71.5 Å². The normalized spacial score (nSPS) is 11.8. The maximum absolute atomic E-state index is 11.1. The maximum Gasteiger partial charge on any atom is 0.335 e. The summed E-state index contributed by atoms with van der Waals surface area (Å²) in [7, 11) is 0. The fraction of sp³-hybridized carbons (Fsp3) is 0.120. The Morgan fingerprint density at radius 3 is 2.53 bits per heavy atom. The van der Waals surface area contributed by atoms with Crippen molar-refractivity contribution in [3.8, 4) is 11.5 Å². The summed E-state index contributed by atoms with van der Waals surface area (Å²) in [5.74, 6) is 1.28. The van der Waals surface area contributed by atoms with Crippen LogP contribution in [-0.2, 0) is 0 Å². The van der Waals surface area contributed by atoms with Crippen molar-refractivity contribution in [1.29, 1.82) is 0 Å². The zero-order chi connectivity index (χ0) is 21.1. The van der Waals surface area contributed by atoms with Crippen LogP contribution in [-0.4, -0.2) is 16.1 Å². The second-order valence-corrected chi connectivity index (χ2v) is 7.23. The molecule has 4 rings (SSSR count). The lowest BCUT2D eigenvalue weighted by Gasteiger charge is -2.18. The first kappa shape index (κ1) is 19.5. The molecule has 1 atom stereocenters. The van der Waals surface area contributed by atoms with Crippen LogP contribution in [0.25, 0.3) is 10.8 Å². The monoisotopic (exact) mass is 398 g/mol. The number of fused-ring (bicyclic) bond motifs is 1. The molecule has 3 aromatic carbocycles. The highest BCUT2D eigenvalue weighted by atomic mass is 16.5. The van der Waals surface area contributed by atoms with E-state index in [1.54, 1.807) is 18.3 Å². The first-order chi connectivity index (χ1) is 14.5. The number of rotatable bonds is 6. The average Bonchev–Trinajstić information content (AvgIpc) is 2.74. The number of ether oxygens (including phenoxy) is 1. The molecule has 5 nitrogen and oxygen atoms in total. The van der Waals surface area contributed by atoms with Crippen molar-refractivity contribution in [3.63, 3.8) is 0 Å². The van der Waals surface area contributed by atoms with Gasteiger partial charge in [0.2, 0.25) is 0 Å². The van der Waals surface area contributed by atoms with Gasteiger partial charge in [-0.3, -0.25) is 0 Å². The zero-order valence-electron chi connectivity index (χ0n) is 16.8. The van der Waals surface area contributed by atoms with E-state index in [-0.39, 0.29) is 11.6 Å². The highest BCUT2D eigenvalue weighted by Gasteiger charge is 2.14. The SMILES string of the molecule is Cc1cccc(Oc2cccc3ccnc(N[C@@H](C)c4ccc(C(=O)O)cc4)c23)c1. The van der Waals surface area contributed by atoms with Gasteiger partial charge in [0.1, 0.15) is 17.3 Å². The maximum atomic E-state index is 11.1. The van der Waals surface area contributed by atoms with Gasteiger partial charge in [-0.05, 0) is 66.8 Å². The molecule has 150 valence electrons. The molecule has 0 amide bonds. The van der Waals surface area contributed by atoms with Crippen molar-refractivity contribution in [2.24, 2.45) is 0 Å². The molecule has 4 aromatic rings. The Hall–Kier alpha value is -3.86. The van der Waals surface area contributed by atoms with Crippen LogP contribution >= 0.6 is 0 Å². The molecular weight excluding hydrogens is 376 g/mol. The Kier molecular flexibility index (Phi) is 5.35. The van der Waals surface area contributed by atoms with Crippen LogP contribution in [0.4, 0.5) is 5.82 Å². The van der Waals surface area contributed by atoms with E-state index in [2.05, 4.69) is 10.3 Å². The van der Waals surface area contributed by atoms with Crippen molar-refractivity contribution < 1.29 is 14.6 Å². The summed E-state index contributed by atoms with van der Waals surface area (Å²) in [6.45, 7) is 4.04. The standard InChI is InChI=1S/C25H22N2O3/c1-16-5-3-7-21(15-16)30-22-8-4-6-19-13-14-26-24(23(19)22)27-17(2)18-9-11-20(12-10-18)25(28)29/h3-15,17H,1-2H3,(H,26,27)(H,28,29)/t17-/m0/s1. The number of hydrogen-bond donors (Lipinski definition) is 2. The van der Waals surface area contributed by atoms with E-state index in [9.17, 15) is 4.79 Å². The van der Waals surface area contributed by atoms with Gasteiger partial charge in [-0.15, -0.1) is 0 Å². The van der Waals surface area contributed by atoms with Crippen LogP contribution in [0.3, 0.4) is 0 Å². The lowest BCUT2D eigenvalue weighted by atomic mass is 10.1. The summed E-state index contributed by atoms with van der Waals surface area (Å²) in [4.78, 5) is 15.6. The van der Waals surface area contributed by atoms with Gasteiger partial charge in [0, 0.05) is 12.2 Å². The van der Waals surface area contributed by atoms with Gasteiger partial charge in [0.25, 0.3) is 0 Å². The lowest BCUT2D eigenvalue weighted by Crippen LogP contribution is -2.09. The minimum atomic E-state index is -0.934. The van der Waals surface area contributed by atoms with E-state index in [1.165, 1.54) is 0 Å². The van der Waals surface area contributed by atoms with Crippen LogP contribution in [0.2, 0.25) is 0 Å². The number of carbonyl (C=O) groups is 1. The third-order valence-electron chi connectivity index (χ3n) is 4.98. The zero-order valence-corrected chi connectivity index (χ0v) is 16.8. The van der Waals surface area contributed by atoms with Crippen molar-refractivity contribution in [2.45, 2.75) is 19.9 Å². The molecule has 1 aromatic heterocycles. The number of aromatic carboxylic acids is 1. The molecule has 0 unspecified atom stereocenters. The fourth-order valence-corrected chi connectivity index (χ4v) is 3.40.